The van der Waals surface area contributed by atoms with Gasteiger partial charge in [0.05, 0.1) is 0 Å². The van der Waals surface area contributed by atoms with Gasteiger partial charge in [0.15, 0.2) is 0 Å². The molecule has 0 aromatic rings. The van der Waals surface area contributed by atoms with Crippen LogP contribution < -0.4 is 59.1 Å². The summed E-state index contributed by atoms with van der Waals surface area (Å²) in [4.78, 5) is 31.0. The zero-order chi connectivity index (χ0) is 7.71. The first-order chi connectivity index (χ1) is 3.71. The van der Waals surface area contributed by atoms with E-state index in [0.29, 0.717) is 0 Å². The van der Waals surface area contributed by atoms with Gasteiger partial charge in [0.2, 0.25) is 0 Å². The Labute approximate surface area is 161 Å². The van der Waals surface area contributed by atoms with Crippen LogP contribution in [0.25, 0.3) is 0 Å². The molecule has 0 bridgehead atoms. The Morgan fingerprint density at radius 2 is 1.08 bits per heavy atom. The molecule has 0 aliphatic heterocycles. The Bertz CT molecular complexity index is 178. The van der Waals surface area contributed by atoms with Crippen LogP contribution in [0.1, 0.15) is 5.71 Å². The van der Waals surface area contributed by atoms with Crippen molar-refractivity contribution in [1.82, 2.24) is 0 Å². The largest absolute Gasteiger partial charge is 2.00 e. The Morgan fingerprint density at radius 3 is 1.08 bits per heavy atom. The van der Waals surface area contributed by atoms with E-state index in [2.05, 4.69) is 4.31 Å². The topological polar surface area (TPSA) is 124 Å². The van der Waals surface area contributed by atoms with Gasteiger partial charge in [0.1, 0.15) is 0 Å². The second-order valence-electron chi connectivity index (χ2n) is 1.06. The van der Waals surface area contributed by atoms with Crippen molar-refractivity contribution in [2.45, 2.75) is 0 Å². The molecule has 0 amide bonds. The van der Waals surface area contributed by atoms with Crippen LogP contribution in [0.2, 0.25) is 0 Å². The first-order valence-corrected chi connectivity index (χ1v) is 4.59. The van der Waals surface area contributed by atoms with E-state index in [-0.39, 0.29) is 115 Å². The van der Waals surface area contributed by atoms with E-state index in [1.54, 1.807) is 0 Å². The van der Waals surface area contributed by atoms with Gasteiger partial charge in [-0.05, 0) is 0 Å². The Kier molecular flexibility index (Phi) is 28.4. The first-order valence-electron chi connectivity index (χ1n) is 1.53. The molecule has 0 saturated carbocycles. The third kappa shape index (κ3) is 31.3. The quantitative estimate of drug-likeness (QED) is 0.295. The molecule has 0 fully saturated rings. The molecule has 13 heteroatoms. The van der Waals surface area contributed by atoms with Gasteiger partial charge in [-0.3, -0.25) is 0 Å². The number of hydrogen-bond donors (Lipinski definition) is 4. The SMILES string of the molecule is Cl.O=P(O)(O)OP(=O)(O)O.[Ca+2].[H-].[H-].[H-].[H-].[Na+].[Na+]. The number of halogens is 1. The van der Waals surface area contributed by atoms with E-state index in [1.165, 1.54) is 0 Å². The van der Waals surface area contributed by atoms with Gasteiger partial charge < -0.3 is 25.3 Å². The van der Waals surface area contributed by atoms with Crippen molar-refractivity contribution in [3.63, 3.8) is 0 Å². The average molecular weight is 305 g/mol. The molecule has 0 atom stereocenters. The molecule has 7 nitrogen and oxygen atoms in total. The standard InChI is InChI=1S/Ca.ClH.2Na.H4O7P2.4H/c;;;;1-8(2,3)7-9(4,5)6;;;;/h;1H;;;(H2,1,2,3)(H2,4,5,6);;;;/q+2;;2*+1;;4*-1. The number of hydrogen-bond acceptors (Lipinski definition) is 3. The zero-order valence-corrected chi connectivity index (χ0v) is 15.8. The summed E-state index contributed by atoms with van der Waals surface area (Å²) in [5, 5.41) is 0. The third-order valence-electron chi connectivity index (χ3n) is 0.213. The molecule has 0 rings (SSSR count). The molecule has 13 heavy (non-hydrogen) atoms. The summed E-state index contributed by atoms with van der Waals surface area (Å²) in [7, 11) is -10.1. The van der Waals surface area contributed by atoms with Crippen molar-refractivity contribution >= 4 is 65.8 Å². The normalized spacial score (nSPS) is 9.54. The molecule has 4 N–H and O–H groups in total. The van der Waals surface area contributed by atoms with Crippen LogP contribution >= 0.6 is 28.1 Å². The maximum atomic E-state index is 9.63. The van der Waals surface area contributed by atoms with Crippen LogP contribution in [0.15, 0.2) is 0 Å². The van der Waals surface area contributed by atoms with Crippen LogP contribution in [0.3, 0.4) is 0 Å². The Hall–Kier alpha value is 3.81. The van der Waals surface area contributed by atoms with Gasteiger partial charge >= 0.3 is 112 Å². The molecule has 0 aliphatic carbocycles. The van der Waals surface area contributed by atoms with Gasteiger partial charge in [-0.1, -0.05) is 0 Å². The van der Waals surface area contributed by atoms with Gasteiger partial charge in [-0.2, -0.15) is 4.31 Å². The Morgan fingerprint density at radius 1 is 0.923 bits per heavy atom. The molecule has 0 aliphatic rings. The van der Waals surface area contributed by atoms with Crippen molar-refractivity contribution in [3.8, 4) is 0 Å². The molecule has 0 spiro atoms. The minimum atomic E-state index is -5.05. The van der Waals surface area contributed by atoms with E-state index in [4.69, 9.17) is 19.6 Å². The predicted octanol–water partition coefficient (Wildman–Crippen LogP) is -6.31. The Balaban J connectivity index is -0.0000000114. The zero-order valence-electron chi connectivity index (χ0n) is 11.0. The van der Waals surface area contributed by atoms with Crippen molar-refractivity contribution in [1.29, 1.82) is 0 Å². The van der Waals surface area contributed by atoms with Crippen molar-refractivity contribution in [2.24, 2.45) is 0 Å². The van der Waals surface area contributed by atoms with Gasteiger partial charge in [0.25, 0.3) is 0 Å². The first kappa shape index (κ1) is 30.1. The fraction of sp³-hybridized carbons (Fsp3) is 0. The molecular weight excluding hydrogens is 295 g/mol. The molecular formula is H9CaClNa2O7P2. The second kappa shape index (κ2) is 12.3. The number of rotatable bonds is 2. The van der Waals surface area contributed by atoms with Gasteiger partial charge in [0, 0.05) is 0 Å². The summed E-state index contributed by atoms with van der Waals surface area (Å²) in [6.45, 7) is 0. The van der Waals surface area contributed by atoms with Crippen molar-refractivity contribution in [2.75, 3.05) is 0 Å². The minimum Gasteiger partial charge on any atom is -1.00 e. The second-order valence-corrected chi connectivity index (χ2v) is 3.68. The summed E-state index contributed by atoms with van der Waals surface area (Å²) in [5.74, 6) is 0. The van der Waals surface area contributed by atoms with E-state index in [1.807, 2.05) is 0 Å². The minimum absolute atomic E-state index is 0. The molecule has 0 aromatic carbocycles. The van der Waals surface area contributed by atoms with Crippen LogP contribution in [0.5, 0.6) is 0 Å². The summed E-state index contributed by atoms with van der Waals surface area (Å²) >= 11 is 0. The molecule has 0 heterocycles. The van der Waals surface area contributed by atoms with E-state index in [0.717, 1.165) is 0 Å². The summed E-state index contributed by atoms with van der Waals surface area (Å²) in [6.07, 6.45) is 0. The average Bonchev–Trinajstić information content (AvgIpc) is 1.14. The fourth-order valence-electron chi connectivity index (χ4n) is 0.139. The third-order valence-corrected chi connectivity index (χ3v) is 1.91. The number of phosphoric acid groups is 2. The smallest absolute Gasteiger partial charge is 1.00 e. The maximum Gasteiger partial charge on any atom is 2.00 e. The maximum absolute atomic E-state index is 9.63. The van der Waals surface area contributed by atoms with Crippen LogP contribution in [0.4, 0.5) is 0 Å². The fourth-order valence-corrected chi connectivity index (χ4v) is 1.25. The van der Waals surface area contributed by atoms with Crippen molar-refractivity contribution in [3.05, 3.63) is 0 Å². The molecule has 0 aromatic heterocycles. The van der Waals surface area contributed by atoms with E-state index < -0.39 is 15.6 Å². The monoisotopic (exact) mass is 304 g/mol. The van der Waals surface area contributed by atoms with Crippen LogP contribution in [-0.2, 0) is 13.4 Å². The van der Waals surface area contributed by atoms with Crippen LogP contribution in [0, 0.1) is 0 Å². The van der Waals surface area contributed by atoms with Crippen molar-refractivity contribution < 1.29 is 97.8 Å². The van der Waals surface area contributed by atoms with Gasteiger partial charge in [-0.15, -0.1) is 12.4 Å². The van der Waals surface area contributed by atoms with E-state index in [9.17, 15) is 9.13 Å². The summed E-state index contributed by atoms with van der Waals surface area (Å²) in [5.41, 5.74) is 0. The molecule has 0 radical (unpaired) electrons. The predicted molar refractivity (Wildman–Crippen MR) is 42.6 cm³/mol. The van der Waals surface area contributed by atoms with E-state index >= 15 is 0 Å². The van der Waals surface area contributed by atoms with Crippen LogP contribution in [-0.4, -0.2) is 57.3 Å². The molecule has 0 unspecified atom stereocenters. The summed E-state index contributed by atoms with van der Waals surface area (Å²) < 4.78 is 22.2. The summed E-state index contributed by atoms with van der Waals surface area (Å²) in [6, 6.07) is 0. The van der Waals surface area contributed by atoms with Gasteiger partial charge in [-0.25, -0.2) is 9.13 Å². The molecule has 72 valence electrons. The molecule has 0 saturated heterocycles.